The molecule has 0 fully saturated rings. The molecule has 0 aliphatic rings. The second-order valence-corrected chi connectivity index (χ2v) is 2.78. The Morgan fingerprint density at radius 2 is 2.09 bits per heavy atom. The second-order valence-electron chi connectivity index (χ2n) is 2.78. The summed E-state index contributed by atoms with van der Waals surface area (Å²) in [4.78, 5) is 3.71. The van der Waals surface area contributed by atoms with Crippen LogP contribution in [-0.4, -0.2) is 4.98 Å². The van der Waals surface area contributed by atoms with Crippen LogP contribution in [-0.2, 0) is 0 Å². The van der Waals surface area contributed by atoms with Crippen molar-refractivity contribution in [3.63, 3.8) is 0 Å². The molecule has 60 valence electrons. The van der Waals surface area contributed by atoms with Gasteiger partial charge in [-0.3, -0.25) is 4.98 Å². The number of anilines is 1. The van der Waals surface area contributed by atoms with Gasteiger partial charge < -0.3 is 5.73 Å². The molecule has 0 aliphatic heterocycles. The van der Waals surface area contributed by atoms with Crippen molar-refractivity contribution in [3.8, 4) is 0 Å². The van der Waals surface area contributed by atoms with Crippen LogP contribution in [0, 0.1) is 5.82 Å². The van der Waals surface area contributed by atoms with E-state index in [9.17, 15) is 4.39 Å². The van der Waals surface area contributed by atoms with Gasteiger partial charge >= 0.3 is 0 Å². The third-order valence-electron chi connectivity index (χ3n) is 1.59. The molecule has 0 amide bonds. The smallest absolute Gasteiger partial charge is 0.164 e. The van der Waals surface area contributed by atoms with Gasteiger partial charge in [-0.05, 0) is 11.5 Å². The van der Waals surface area contributed by atoms with Gasteiger partial charge in [-0.2, -0.15) is 0 Å². The topological polar surface area (TPSA) is 38.9 Å². The number of nitrogen functional groups attached to an aromatic ring is 1. The van der Waals surface area contributed by atoms with E-state index < -0.39 is 5.82 Å². The van der Waals surface area contributed by atoms with E-state index in [1.54, 1.807) is 6.20 Å². The third-order valence-corrected chi connectivity index (χ3v) is 1.59. The lowest BCUT2D eigenvalue weighted by Crippen LogP contribution is -2.00. The quantitative estimate of drug-likeness (QED) is 0.671. The van der Waals surface area contributed by atoms with Crippen LogP contribution < -0.4 is 5.73 Å². The number of nitrogens with two attached hydrogens (primary N) is 1. The van der Waals surface area contributed by atoms with Gasteiger partial charge in [0, 0.05) is 6.20 Å². The first-order chi connectivity index (χ1) is 5.13. The fourth-order valence-corrected chi connectivity index (χ4v) is 0.920. The first kappa shape index (κ1) is 7.98. The number of halogens is 1. The molecule has 0 aromatic carbocycles. The summed E-state index contributed by atoms with van der Waals surface area (Å²) in [7, 11) is 0. The summed E-state index contributed by atoms with van der Waals surface area (Å²) in [6, 6.07) is 0. The molecule has 0 saturated carbocycles. The SMILES string of the molecule is CC(C)c1cncc(F)c1N. The Hall–Kier alpha value is -1.12. The molecule has 0 saturated heterocycles. The average molecular weight is 154 g/mol. The predicted octanol–water partition coefficient (Wildman–Crippen LogP) is 1.93. The largest absolute Gasteiger partial charge is 0.396 e. The lowest BCUT2D eigenvalue weighted by Gasteiger charge is -2.07. The summed E-state index contributed by atoms with van der Waals surface area (Å²) in [5, 5.41) is 0. The summed E-state index contributed by atoms with van der Waals surface area (Å²) in [5.41, 5.74) is 6.45. The minimum absolute atomic E-state index is 0.218. The van der Waals surface area contributed by atoms with Crippen molar-refractivity contribution in [2.45, 2.75) is 19.8 Å². The molecule has 11 heavy (non-hydrogen) atoms. The van der Waals surface area contributed by atoms with Gasteiger partial charge in [-0.15, -0.1) is 0 Å². The van der Waals surface area contributed by atoms with Crippen molar-refractivity contribution in [3.05, 3.63) is 23.8 Å². The maximum atomic E-state index is 12.8. The zero-order valence-electron chi connectivity index (χ0n) is 6.63. The summed E-state index contributed by atoms with van der Waals surface area (Å²) in [6.07, 6.45) is 2.73. The average Bonchev–Trinajstić information content (AvgIpc) is 1.94. The number of hydrogen-bond acceptors (Lipinski definition) is 2. The Kier molecular flexibility index (Phi) is 2.08. The van der Waals surface area contributed by atoms with Gasteiger partial charge in [-0.1, -0.05) is 13.8 Å². The zero-order valence-corrected chi connectivity index (χ0v) is 6.63. The Morgan fingerprint density at radius 3 is 2.55 bits per heavy atom. The van der Waals surface area contributed by atoms with Crippen LogP contribution in [0.2, 0.25) is 0 Å². The Bertz CT molecular complexity index is 258. The molecule has 0 atom stereocenters. The molecule has 1 aromatic heterocycles. The van der Waals surface area contributed by atoms with Gasteiger partial charge in [0.1, 0.15) is 0 Å². The van der Waals surface area contributed by atoms with Crippen molar-refractivity contribution in [2.75, 3.05) is 5.73 Å². The number of pyridine rings is 1. The Labute approximate surface area is 65.3 Å². The lowest BCUT2D eigenvalue weighted by atomic mass is 10.0. The van der Waals surface area contributed by atoms with Crippen molar-refractivity contribution < 1.29 is 4.39 Å². The van der Waals surface area contributed by atoms with E-state index in [4.69, 9.17) is 5.73 Å². The lowest BCUT2D eigenvalue weighted by molar-refractivity contribution is 0.621. The number of aromatic nitrogens is 1. The van der Waals surface area contributed by atoms with Gasteiger partial charge in [0.25, 0.3) is 0 Å². The molecule has 2 nitrogen and oxygen atoms in total. The van der Waals surface area contributed by atoms with E-state index >= 15 is 0 Å². The maximum Gasteiger partial charge on any atom is 0.164 e. The highest BCUT2D eigenvalue weighted by Gasteiger charge is 2.07. The van der Waals surface area contributed by atoms with Crippen LogP contribution in [0.15, 0.2) is 12.4 Å². The highest BCUT2D eigenvalue weighted by molar-refractivity contribution is 5.47. The molecule has 3 heteroatoms. The fourth-order valence-electron chi connectivity index (χ4n) is 0.920. The standard InChI is InChI=1S/C8H11FN2/c1-5(2)6-3-11-4-7(9)8(6)10/h3-5H,1-2H3,(H2,10,11). The molecule has 0 aliphatic carbocycles. The molecule has 1 aromatic rings. The zero-order chi connectivity index (χ0) is 8.43. The Morgan fingerprint density at radius 1 is 1.45 bits per heavy atom. The minimum Gasteiger partial charge on any atom is -0.396 e. The monoisotopic (exact) mass is 154 g/mol. The molecule has 0 spiro atoms. The van der Waals surface area contributed by atoms with Crippen LogP contribution in [0.25, 0.3) is 0 Å². The maximum absolute atomic E-state index is 12.8. The van der Waals surface area contributed by atoms with Crippen LogP contribution in [0.4, 0.5) is 10.1 Å². The molecular weight excluding hydrogens is 143 g/mol. The second kappa shape index (κ2) is 2.86. The van der Waals surface area contributed by atoms with E-state index in [-0.39, 0.29) is 11.6 Å². The van der Waals surface area contributed by atoms with Crippen molar-refractivity contribution in [1.82, 2.24) is 4.98 Å². The van der Waals surface area contributed by atoms with E-state index in [0.29, 0.717) is 0 Å². The number of nitrogens with zero attached hydrogens (tertiary/aromatic N) is 1. The summed E-state index contributed by atoms with van der Waals surface area (Å²) in [6.45, 7) is 3.90. The van der Waals surface area contributed by atoms with Crippen molar-refractivity contribution in [1.29, 1.82) is 0 Å². The van der Waals surface area contributed by atoms with E-state index in [0.717, 1.165) is 11.8 Å². The number of rotatable bonds is 1. The molecule has 0 unspecified atom stereocenters. The Balaban J connectivity index is 3.17. The summed E-state index contributed by atoms with van der Waals surface area (Å²) in [5.74, 6) is -0.214. The highest BCUT2D eigenvalue weighted by atomic mass is 19.1. The fraction of sp³-hybridized carbons (Fsp3) is 0.375. The van der Waals surface area contributed by atoms with Crippen LogP contribution >= 0.6 is 0 Å². The molecule has 1 heterocycles. The van der Waals surface area contributed by atoms with Gasteiger partial charge in [-0.25, -0.2) is 4.39 Å². The normalized spacial score (nSPS) is 10.5. The molecule has 1 rings (SSSR count). The molecule has 0 bridgehead atoms. The van der Waals surface area contributed by atoms with Gasteiger partial charge in [0.2, 0.25) is 0 Å². The predicted molar refractivity (Wildman–Crippen MR) is 42.7 cm³/mol. The van der Waals surface area contributed by atoms with Crippen molar-refractivity contribution in [2.24, 2.45) is 0 Å². The van der Waals surface area contributed by atoms with E-state index in [2.05, 4.69) is 4.98 Å². The number of hydrogen-bond donors (Lipinski definition) is 1. The van der Waals surface area contributed by atoms with Gasteiger partial charge in [0.15, 0.2) is 5.82 Å². The summed E-state index contributed by atoms with van der Waals surface area (Å²) < 4.78 is 12.8. The summed E-state index contributed by atoms with van der Waals surface area (Å²) >= 11 is 0. The van der Waals surface area contributed by atoms with Crippen LogP contribution in [0.1, 0.15) is 25.3 Å². The third kappa shape index (κ3) is 1.48. The molecule has 2 N–H and O–H groups in total. The van der Waals surface area contributed by atoms with E-state index in [1.165, 1.54) is 0 Å². The minimum atomic E-state index is -0.434. The van der Waals surface area contributed by atoms with Crippen LogP contribution in [0.3, 0.4) is 0 Å². The highest BCUT2D eigenvalue weighted by Crippen LogP contribution is 2.21. The van der Waals surface area contributed by atoms with Crippen LogP contribution in [0.5, 0.6) is 0 Å². The molecular formula is C8H11FN2. The first-order valence-electron chi connectivity index (χ1n) is 3.51. The first-order valence-corrected chi connectivity index (χ1v) is 3.51. The van der Waals surface area contributed by atoms with E-state index in [1.807, 2.05) is 13.8 Å². The molecule has 0 radical (unpaired) electrons. The van der Waals surface area contributed by atoms with Crippen molar-refractivity contribution >= 4 is 5.69 Å². The van der Waals surface area contributed by atoms with Gasteiger partial charge in [0.05, 0.1) is 11.9 Å².